The van der Waals surface area contributed by atoms with E-state index in [0.717, 1.165) is 9.15 Å². The Morgan fingerprint density at radius 1 is 1.36 bits per heavy atom. The lowest BCUT2D eigenvalue weighted by molar-refractivity contribution is -0.142. The molecule has 0 aliphatic rings. The van der Waals surface area contributed by atoms with Gasteiger partial charge in [0.25, 0.3) is 0 Å². The van der Waals surface area contributed by atoms with Gasteiger partial charge in [-0.1, -0.05) is 0 Å². The average Bonchev–Trinajstić information content (AvgIpc) is 2.69. The van der Waals surface area contributed by atoms with E-state index < -0.39 is 17.8 Å². The summed E-state index contributed by atoms with van der Waals surface area (Å²) in [5.41, 5.74) is -0.842. The molecule has 0 spiro atoms. The molecule has 0 bridgehead atoms. The van der Waals surface area contributed by atoms with Crippen molar-refractivity contribution >= 4 is 43.6 Å². The number of anilines is 1. The summed E-state index contributed by atoms with van der Waals surface area (Å²) >= 11 is 6.05. The maximum Gasteiger partial charge on any atom is 0.436 e. The molecule has 5 nitrogen and oxygen atoms in total. The summed E-state index contributed by atoms with van der Waals surface area (Å²) in [5.74, 6) is -0.227. The predicted molar refractivity (Wildman–Crippen MR) is 80.2 cm³/mol. The quantitative estimate of drug-likeness (QED) is 0.788. The van der Waals surface area contributed by atoms with Crippen LogP contribution in [0.5, 0.6) is 0 Å². The normalized spacial score (nSPS) is 11.5. The van der Waals surface area contributed by atoms with E-state index in [1.807, 2.05) is 0 Å². The van der Waals surface area contributed by atoms with Crippen molar-refractivity contribution in [3.63, 3.8) is 0 Å². The number of hydrogen-bond donors (Lipinski definition) is 1. The monoisotopic (exact) mass is 440 g/mol. The highest BCUT2D eigenvalue weighted by Crippen LogP contribution is 2.35. The summed E-state index contributed by atoms with van der Waals surface area (Å²) < 4.78 is 39.8. The van der Waals surface area contributed by atoms with E-state index in [1.165, 1.54) is 13.1 Å². The minimum absolute atomic E-state index is 0.172. The van der Waals surface area contributed by atoms with Crippen molar-refractivity contribution < 1.29 is 18.0 Å². The van der Waals surface area contributed by atoms with E-state index in [0.29, 0.717) is 5.82 Å². The number of alkyl halides is 3. The molecule has 0 radical (unpaired) electrons. The van der Waals surface area contributed by atoms with Gasteiger partial charge in [0.2, 0.25) is 5.91 Å². The summed E-state index contributed by atoms with van der Waals surface area (Å²) in [4.78, 5) is 15.8. The van der Waals surface area contributed by atoms with E-state index in [1.54, 1.807) is 12.1 Å². The van der Waals surface area contributed by atoms with Gasteiger partial charge >= 0.3 is 6.18 Å². The Morgan fingerprint density at radius 2 is 2.05 bits per heavy atom. The van der Waals surface area contributed by atoms with Crippen LogP contribution in [0.3, 0.4) is 0 Å². The standard InChI is InChI=1S/C12H9Br2F3N4O/c1-6-10(14)11(12(15,16)17)20-21(6)5-9(22)19-8-3-2-7(13)4-18-8/h2-4H,5H2,1H3,(H,18,19,22). The van der Waals surface area contributed by atoms with Crippen LogP contribution in [0.2, 0.25) is 0 Å². The van der Waals surface area contributed by atoms with Gasteiger partial charge in [-0.25, -0.2) is 4.98 Å². The molecule has 2 aromatic heterocycles. The van der Waals surface area contributed by atoms with Gasteiger partial charge in [-0.05, 0) is 50.9 Å². The maximum atomic E-state index is 12.7. The van der Waals surface area contributed by atoms with Gasteiger partial charge in [-0.3, -0.25) is 9.48 Å². The second-order valence-corrected chi connectivity index (χ2v) is 6.02. The van der Waals surface area contributed by atoms with Crippen LogP contribution in [0.25, 0.3) is 0 Å². The number of nitrogens with one attached hydrogen (secondary N) is 1. The van der Waals surface area contributed by atoms with Crippen LogP contribution in [0.1, 0.15) is 11.4 Å². The highest BCUT2D eigenvalue weighted by Gasteiger charge is 2.38. The van der Waals surface area contributed by atoms with Crippen molar-refractivity contribution in [2.75, 3.05) is 5.32 Å². The highest BCUT2D eigenvalue weighted by atomic mass is 79.9. The van der Waals surface area contributed by atoms with Crippen LogP contribution in [0.15, 0.2) is 27.3 Å². The first-order valence-corrected chi connectivity index (χ1v) is 7.48. The van der Waals surface area contributed by atoms with Gasteiger partial charge in [0.1, 0.15) is 12.4 Å². The van der Waals surface area contributed by atoms with E-state index >= 15 is 0 Å². The zero-order chi connectivity index (χ0) is 16.5. The zero-order valence-corrected chi connectivity index (χ0v) is 14.3. The molecular weight excluding hydrogens is 433 g/mol. The van der Waals surface area contributed by atoms with Gasteiger partial charge in [0.05, 0.1) is 10.2 Å². The van der Waals surface area contributed by atoms with Gasteiger partial charge in [-0.2, -0.15) is 18.3 Å². The van der Waals surface area contributed by atoms with Gasteiger partial charge < -0.3 is 5.32 Å². The molecule has 22 heavy (non-hydrogen) atoms. The van der Waals surface area contributed by atoms with Crippen molar-refractivity contribution in [2.45, 2.75) is 19.6 Å². The summed E-state index contributed by atoms with van der Waals surface area (Å²) in [6.07, 6.45) is -3.09. The van der Waals surface area contributed by atoms with Crippen molar-refractivity contribution in [1.29, 1.82) is 0 Å². The Kier molecular flexibility index (Phi) is 4.90. The van der Waals surface area contributed by atoms with Crippen LogP contribution in [0.4, 0.5) is 19.0 Å². The molecule has 0 aromatic carbocycles. The number of aromatic nitrogens is 3. The summed E-state index contributed by atoms with van der Waals surface area (Å²) in [5, 5.41) is 5.92. The third kappa shape index (κ3) is 3.86. The molecule has 0 fully saturated rings. The zero-order valence-electron chi connectivity index (χ0n) is 11.1. The number of halogens is 5. The molecule has 1 N–H and O–H groups in total. The van der Waals surface area contributed by atoms with Gasteiger partial charge in [0.15, 0.2) is 5.69 Å². The first-order chi connectivity index (χ1) is 10.2. The summed E-state index contributed by atoms with van der Waals surface area (Å²) in [6.45, 7) is 1.09. The van der Waals surface area contributed by atoms with E-state index in [2.05, 4.69) is 47.3 Å². The molecule has 2 aromatic rings. The van der Waals surface area contributed by atoms with E-state index in [9.17, 15) is 18.0 Å². The minimum atomic E-state index is -4.58. The fourth-order valence-corrected chi connectivity index (χ4v) is 2.37. The van der Waals surface area contributed by atoms with Crippen LogP contribution in [0, 0.1) is 6.92 Å². The molecule has 0 aliphatic heterocycles. The van der Waals surface area contributed by atoms with Crippen LogP contribution in [-0.4, -0.2) is 20.7 Å². The summed E-state index contributed by atoms with van der Waals surface area (Å²) in [7, 11) is 0. The molecule has 0 saturated heterocycles. The Labute approximate surface area is 140 Å². The summed E-state index contributed by atoms with van der Waals surface area (Å²) in [6, 6.07) is 3.25. The van der Waals surface area contributed by atoms with Crippen LogP contribution < -0.4 is 5.32 Å². The molecule has 2 rings (SSSR count). The number of nitrogens with zero attached hydrogens (tertiary/aromatic N) is 3. The van der Waals surface area contributed by atoms with E-state index in [4.69, 9.17) is 0 Å². The number of hydrogen-bond acceptors (Lipinski definition) is 3. The number of rotatable bonds is 3. The molecule has 0 aliphatic carbocycles. The van der Waals surface area contributed by atoms with Gasteiger partial charge in [0, 0.05) is 10.7 Å². The molecule has 10 heteroatoms. The lowest BCUT2D eigenvalue weighted by atomic mass is 10.3. The average molecular weight is 442 g/mol. The molecule has 0 saturated carbocycles. The molecule has 2 heterocycles. The predicted octanol–water partition coefficient (Wildman–Crippen LogP) is 3.77. The minimum Gasteiger partial charge on any atom is -0.309 e. The third-order valence-electron chi connectivity index (χ3n) is 2.69. The number of amides is 1. The Hall–Kier alpha value is -1.42. The third-order valence-corrected chi connectivity index (χ3v) is 4.11. The molecule has 118 valence electrons. The Bertz CT molecular complexity index is 698. The molecule has 0 atom stereocenters. The highest BCUT2D eigenvalue weighted by molar-refractivity contribution is 9.10. The fraction of sp³-hybridized carbons (Fsp3) is 0.250. The lowest BCUT2D eigenvalue weighted by Gasteiger charge is -2.06. The first kappa shape index (κ1) is 16.9. The van der Waals surface area contributed by atoms with E-state index in [-0.39, 0.29) is 16.7 Å². The second kappa shape index (κ2) is 6.37. The first-order valence-electron chi connectivity index (χ1n) is 5.90. The second-order valence-electron chi connectivity index (χ2n) is 4.31. The van der Waals surface area contributed by atoms with Crippen LogP contribution >= 0.6 is 31.9 Å². The Balaban J connectivity index is 2.13. The number of pyridine rings is 1. The number of carbonyl (C=O) groups is 1. The van der Waals surface area contributed by atoms with Crippen molar-refractivity contribution in [1.82, 2.24) is 14.8 Å². The van der Waals surface area contributed by atoms with Crippen LogP contribution in [-0.2, 0) is 17.5 Å². The van der Waals surface area contributed by atoms with Crippen molar-refractivity contribution in [3.05, 3.63) is 38.7 Å². The molecule has 0 unspecified atom stereocenters. The maximum absolute atomic E-state index is 12.7. The van der Waals surface area contributed by atoms with Crippen molar-refractivity contribution in [2.24, 2.45) is 0 Å². The largest absolute Gasteiger partial charge is 0.436 e. The molecular formula is C12H9Br2F3N4O. The Morgan fingerprint density at radius 3 is 2.55 bits per heavy atom. The number of carbonyl (C=O) groups excluding carboxylic acids is 1. The fourth-order valence-electron chi connectivity index (χ4n) is 1.63. The lowest BCUT2D eigenvalue weighted by Crippen LogP contribution is -2.21. The SMILES string of the molecule is Cc1c(Br)c(C(F)(F)F)nn1CC(=O)Nc1ccc(Br)cn1. The molecule has 1 amide bonds. The van der Waals surface area contributed by atoms with Crippen molar-refractivity contribution in [3.8, 4) is 0 Å². The smallest absolute Gasteiger partial charge is 0.309 e. The van der Waals surface area contributed by atoms with Gasteiger partial charge in [-0.15, -0.1) is 0 Å². The topological polar surface area (TPSA) is 59.8 Å².